The van der Waals surface area contributed by atoms with Gasteiger partial charge in [-0.3, -0.25) is 0 Å². The van der Waals surface area contributed by atoms with Crippen molar-refractivity contribution in [1.29, 1.82) is 0 Å². The summed E-state index contributed by atoms with van der Waals surface area (Å²) in [4.78, 5) is 0. The Bertz CT molecular complexity index is 276. The number of halogens is 2. The van der Waals surface area contributed by atoms with Crippen molar-refractivity contribution in [3.63, 3.8) is 0 Å². The van der Waals surface area contributed by atoms with Crippen LogP contribution in [0.2, 0.25) is 0 Å². The first-order chi connectivity index (χ1) is 5.63. The number of benzene rings is 1. The summed E-state index contributed by atoms with van der Waals surface area (Å²) in [5.74, 6) is -1.25. The Morgan fingerprint density at radius 3 is 2.17 bits per heavy atom. The summed E-state index contributed by atoms with van der Waals surface area (Å²) < 4.78 is 25.2. The molecule has 2 N–H and O–H groups in total. The van der Waals surface area contributed by atoms with Gasteiger partial charge in [-0.15, -0.1) is 6.58 Å². The largest absolute Gasteiger partial charge is 0.321 e. The zero-order valence-electron chi connectivity index (χ0n) is 6.43. The van der Waals surface area contributed by atoms with Crippen LogP contribution in [0.25, 0.3) is 0 Å². The van der Waals surface area contributed by atoms with Gasteiger partial charge in [0.05, 0.1) is 0 Å². The number of hydrogen-bond donors (Lipinski definition) is 1. The molecule has 1 nitrogen and oxygen atoms in total. The highest BCUT2D eigenvalue weighted by Gasteiger charge is 2.04. The van der Waals surface area contributed by atoms with Gasteiger partial charge in [0.2, 0.25) is 0 Å². The summed E-state index contributed by atoms with van der Waals surface area (Å²) in [6.07, 6.45) is 1.42. The third-order valence-corrected chi connectivity index (χ3v) is 1.52. The second-order valence-corrected chi connectivity index (χ2v) is 2.46. The van der Waals surface area contributed by atoms with E-state index >= 15 is 0 Å². The van der Waals surface area contributed by atoms with E-state index in [0.717, 1.165) is 6.07 Å². The Balaban J connectivity index is 3.08. The molecule has 0 unspecified atom stereocenters. The van der Waals surface area contributed by atoms with Crippen LogP contribution in [0.5, 0.6) is 0 Å². The van der Waals surface area contributed by atoms with E-state index < -0.39 is 17.7 Å². The molecule has 0 aliphatic rings. The van der Waals surface area contributed by atoms with Crippen molar-refractivity contribution in [2.45, 2.75) is 6.04 Å². The lowest BCUT2D eigenvalue weighted by Crippen LogP contribution is -2.07. The second kappa shape index (κ2) is 3.45. The van der Waals surface area contributed by atoms with Crippen LogP contribution in [0.1, 0.15) is 11.6 Å². The van der Waals surface area contributed by atoms with Gasteiger partial charge in [-0.25, -0.2) is 8.78 Å². The minimum absolute atomic E-state index is 0.391. The van der Waals surface area contributed by atoms with Gasteiger partial charge < -0.3 is 5.73 Å². The summed E-state index contributed by atoms with van der Waals surface area (Å²) >= 11 is 0. The predicted octanol–water partition coefficient (Wildman–Crippen LogP) is 2.15. The van der Waals surface area contributed by atoms with Gasteiger partial charge in [-0.05, 0) is 17.7 Å². The lowest BCUT2D eigenvalue weighted by molar-refractivity contribution is 0.578. The highest BCUT2D eigenvalue weighted by atomic mass is 19.1. The Morgan fingerprint density at radius 1 is 1.25 bits per heavy atom. The molecule has 1 atom stereocenters. The molecule has 12 heavy (non-hydrogen) atoms. The van der Waals surface area contributed by atoms with E-state index in [-0.39, 0.29) is 0 Å². The first-order valence-electron chi connectivity index (χ1n) is 3.47. The minimum Gasteiger partial charge on any atom is -0.321 e. The first-order valence-corrected chi connectivity index (χ1v) is 3.47. The normalized spacial score (nSPS) is 12.6. The van der Waals surface area contributed by atoms with Crippen LogP contribution in [-0.2, 0) is 0 Å². The summed E-state index contributed by atoms with van der Waals surface area (Å²) in [5, 5.41) is 0. The van der Waals surface area contributed by atoms with Crippen LogP contribution in [0, 0.1) is 11.6 Å². The summed E-state index contributed by atoms with van der Waals surface area (Å²) in [7, 11) is 0. The average Bonchev–Trinajstić information content (AvgIpc) is 2.01. The molecule has 0 aromatic heterocycles. The Kier molecular flexibility index (Phi) is 2.55. The highest BCUT2D eigenvalue weighted by molar-refractivity contribution is 5.23. The van der Waals surface area contributed by atoms with Gasteiger partial charge in [0.15, 0.2) is 0 Å². The number of rotatable bonds is 2. The molecular weight excluding hydrogens is 160 g/mol. The van der Waals surface area contributed by atoms with E-state index in [2.05, 4.69) is 6.58 Å². The molecule has 0 radical (unpaired) electrons. The molecule has 1 rings (SSSR count). The van der Waals surface area contributed by atoms with Crippen LogP contribution in [-0.4, -0.2) is 0 Å². The molecule has 0 fully saturated rings. The van der Waals surface area contributed by atoms with Gasteiger partial charge in [-0.2, -0.15) is 0 Å². The zero-order chi connectivity index (χ0) is 9.14. The fourth-order valence-corrected chi connectivity index (χ4v) is 0.904. The molecule has 1 aromatic rings. The van der Waals surface area contributed by atoms with Crippen molar-refractivity contribution in [2.75, 3.05) is 0 Å². The van der Waals surface area contributed by atoms with Crippen molar-refractivity contribution in [2.24, 2.45) is 5.73 Å². The maximum Gasteiger partial charge on any atom is 0.126 e. The quantitative estimate of drug-likeness (QED) is 0.674. The fraction of sp³-hybridized carbons (Fsp3) is 0.111. The molecule has 0 spiro atoms. The monoisotopic (exact) mass is 169 g/mol. The molecule has 1 aromatic carbocycles. The Morgan fingerprint density at radius 2 is 1.75 bits per heavy atom. The van der Waals surface area contributed by atoms with Crippen LogP contribution >= 0.6 is 0 Å². The third-order valence-electron chi connectivity index (χ3n) is 1.52. The lowest BCUT2D eigenvalue weighted by atomic mass is 10.1. The maximum absolute atomic E-state index is 12.6. The molecule has 0 bridgehead atoms. The smallest absolute Gasteiger partial charge is 0.126 e. The maximum atomic E-state index is 12.6. The molecule has 0 heterocycles. The zero-order valence-corrected chi connectivity index (χ0v) is 6.43. The summed E-state index contributed by atoms with van der Waals surface area (Å²) in [6, 6.07) is 2.67. The van der Waals surface area contributed by atoms with Crippen molar-refractivity contribution in [3.05, 3.63) is 48.1 Å². The molecule has 0 aliphatic heterocycles. The van der Waals surface area contributed by atoms with Crippen molar-refractivity contribution in [3.8, 4) is 0 Å². The fourth-order valence-electron chi connectivity index (χ4n) is 0.904. The van der Waals surface area contributed by atoms with Crippen LogP contribution in [0.3, 0.4) is 0 Å². The van der Waals surface area contributed by atoms with Crippen molar-refractivity contribution < 1.29 is 8.78 Å². The van der Waals surface area contributed by atoms with E-state index in [9.17, 15) is 8.78 Å². The van der Waals surface area contributed by atoms with Crippen molar-refractivity contribution in [1.82, 2.24) is 0 Å². The molecule has 64 valence electrons. The van der Waals surface area contributed by atoms with Gasteiger partial charge in [-0.1, -0.05) is 6.08 Å². The van der Waals surface area contributed by atoms with E-state index in [1.807, 2.05) is 0 Å². The van der Waals surface area contributed by atoms with Crippen molar-refractivity contribution >= 4 is 0 Å². The van der Waals surface area contributed by atoms with Gasteiger partial charge >= 0.3 is 0 Å². The van der Waals surface area contributed by atoms with Gasteiger partial charge in [0.1, 0.15) is 11.6 Å². The van der Waals surface area contributed by atoms with Crippen LogP contribution < -0.4 is 5.73 Å². The van der Waals surface area contributed by atoms with E-state index in [1.165, 1.54) is 18.2 Å². The average molecular weight is 169 g/mol. The van der Waals surface area contributed by atoms with Gasteiger partial charge in [0, 0.05) is 12.1 Å². The molecule has 0 aliphatic carbocycles. The molecule has 0 saturated carbocycles. The molecule has 0 saturated heterocycles. The first kappa shape index (κ1) is 8.87. The summed E-state index contributed by atoms with van der Waals surface area (Å²) in [5.41, 5.74) is 5.87. The molecule has 3 heteroatoms. The second-order valence-electron chi connectivity index (χ2n) is 2.46. The summed E-state index contributed by atoms with van der Waals surface area (Å²) in [6.45, 7) is 3.43. The number of nitrogens with two attached hydrogens (primary N) is 1. The highest BCUT2D eigenvalue weighted by Crippen LogP contribution is 2.14. The predicted molar refractivity (Wildman–Crippen MR) is 43.5 cm³/mol. The SMILES string of the molecule is C=C[C@@H](N)c1cc(F)cc(F)c1. The lowest BCUT2D eigenvalue weighted by Gasteiger charge is -2.05. The van der Waals surface area contributed by atoms with Crippen LogP contribution in [0.4, 0.5) is 8.78 Å². The van der Waals surface area contributed by atoms with E-state index in [4.69, 9.17) is 5.73 Å². The Labute approximate surface area is 69.5 Å². The molecule has 0 amide bonds. The topological polar surface area (TPSA) is 26.0 Å². The number of hydrogen-bond acceptors (Lipinski definition) is 1. The molecular formula is C9H9F2N. The van der Waals surface area contributed by atoms with Crippen LogP contribution in [0.15, 0.2) is 30.9 Å². The van der Waals surface area contributed by atoms with Gasteiger partial charge in [0.25, 0.3) is 0 Å². The van der Waals surface area contributed by atoms with E-state index in [0.29, 0.717) is 5.56 Å². The van der Waals surface area contributed by atoms with E-state index in [1.54, 1.807) is 0 Å². The standard InChI is InChI=1S/C9H9F2N/c1-2-9(12)6-3-7(10)5-8(11)4-6/h2-5,9H,1,12H2/t9-/m1/s1. The Hall–Kier alpha value is -1.22. The minimum atomic E-state index is -0.623. The third kappa shape index (κ3) is 1.89.